The summed E-state index contributed by atoms with van der Waals surface area (Å²) in [5.41, 5.74) is 5.38. The second kappa shape index (κ2) is 9.78. The third-order valence-electron chi connectivity index (χ3n) is 2.15. The van der Waals surface area contributed by atoms with Gasteiger partial charge in [-0.05, 0) is 39.2 Å². The van der Waals surface area contributed by atoms with Crippen molar-refractivity contribution in [2.45, 2.75) is 26.2 Å². The number of pyridine rings is 1. The van der Waals surface area contributed by atoms with Gasteiger partial charge in [0.1, 0.15) is 0 Å². The summed E-state index contributed by atoms with van der Waals surface area (Å²) in [6.45, 7) is 3.48. The van der Waals surface area contributed by atoms with Crippen LogP contribution in [0.1, 0.15) is 36.5 Å². The Morgan fingerprint density at radius 2 is 2.12 bits per heavy atom. The Morgan fingerprint density at radius 3 is 2.47 bits per heavy atom. The summed E-state index contributed by atoms with van der Waals surface area (Å²) in [6, 6.07) is 3.29. The number of hydrogen-bond donors (Lipinski definition) is 1. The Kier molecular flexibility index (Phi) is 8.96. The minimum Gasteiger partial charge on any atom is -0.366 e. The minimum atomic E-state index is -0.442. The molecule has 2 N–H and O–H groups in total. The standard InChI is InChI=1S/C7H17N.C6H6N2O/c1-4-5-6-7-8(2)3;7-6(9)5-2-1-3-8-4-5/h4-7H2,1-3H3;1-4H,(H2,7,9). The first-order valence-electron chi connectivity index (χ1n) is 5.92. The molecule has 4 heteroatoms. The van der Waals surface area contributed by atoms with E-state index in [0.717, 1.165) is 0 Å². The predicted octanol–water partition coefficient (Wildman–Crippen LogP) is 1.92. The van der Waals surface area contributed by atoms with Crippen molar-refractivity contribution >= 4 is 5.91 Å². The number of hydrogen-bond acceptors (Lipinski definition) is 3. The van der Waals surface area contributed by atoms with Crippen LogP contribution in [-0.2, 0) is 0 Å². The van der Waals surface area contributed by atoms with Crippen LogP contribution in [-0.4, -0.2) is 36.4 Å². The van der Waals surface area contributed by atoms with Gasteiger partial charge in [-0.15, -0.1) is 0 Å². The van der Waals surface area contributed by atoms with E-state index in [1.807, 2.05) is 0 Å². The molecule has 96 valence electrons. The molecule has 0 saturated heterocycles. The number of amides is 1. The van der Waals surface area contributed by atoms with Crippen molar-refractivity contribution in [3.05, 3.63) is 30.1 Å². The van der Waals surface area contributed by atoms with Crippen LogP contribution in [0.25, 0.3) is 0 Å². The van der Waals surface area contributed by atoms with Gasteiger partial charge < -0.3 is 10.6 Å². The second-order valence-corrected chi connectivity index (χ2v) is 4.12. The van der Waals surface area contributed by atoms with Gasteiger partial charge in [-0.1, -0.05) is 19.8 Å². The van der Waals surface area contributed by atoms with Crippen LogP contribution in [0.2, 0.25) is 0 Å². The lowest BCUT2D eigenvalue weighted by atomic mass is 10.2. The molecule has 1 heterocycles. The smallest absolute Gasteiger partial charge is 0.250 e. The van der Waals surface area contributed by atoms with Crippen LogP contribution >= 0.6 is 0 Å². The van der Waals surface area contributed by atoms with Crippen molar-refractivity contribution < 1.29 is 4.79 Å². The van der Waals surface area contributed by atoms with Crippen molar-refractivity contribution in [1.82, 2.24) is 9.88 Å². The number of carbonyl (C=O) groups excluding carboxylic acids is 1. The van der Waals surface area contributed by atoms with Gasteiger partial charge in [0.05, 0.1) is 5.56 Å². The molecule has 0 aliphatic heterocycles. The number of rotatable bonds is 5. The number of nitrogens with zero attached hydrogens (tertiary/aromatic N) is 2. The molecule has 0 radical (unpaired) electrons. The molecule has 0 atom stereocenters. The van der Waals surface area contributed by atoms with Gasteiger partial charge in [0, 0.05) is 12.4 Å². The number of unbranched alkanes of at least 4 members (excludes halogenated alkanes) is 2. The first-order valence-corrected chi connectivity index (χ1v) is 5.92. The Balaban J connectivity index is 0.000000304. The zero-order chi connectivity index (χ0) is 13.1. The Labute approximate surface area is 104 Å². The molecule has 1 amide bonds. The van der Waals surface area contributed by atoms with Crippen LogP contribution < -0.4 is 5.73 Å². The molecular formula is C13H23N3O. The molecule has 0 fully saturated rings. The third kappa shape index (κ3) is 9.51. The number of primary amides is 1. The molecular weight excluding hydrogens is 214 g/mol. The molecule has 0 aliphatic carbocycles. The lowest BCUT2D eigenvalue weighted by Gasteiger charge is -2.06. The van der Waals surface area contributed by atoms with Crippen LogP contribution in [0.3, 0.4) is 0 Å². The largest absolute Gasteiger partial charge is 0.366 e. The molecule has 1 aromatic heterocycles. The first-order chi connectivity index (χ1) is 8.07. The maximum atomic E-state index is 10.4. The fourth-order valence-corrected chi connectivity index (χ4v) is 1.19. The maximum absolute atomic E-state index is 10.4. The van der Waals surface area contributed by atoms with E-state index in [4.69, 9.17) is 5.73 Å². The topological polar surface area (TPSA) is 59.2 Å². The molecule has 0 saturated carbocycles. The van der Waals surface area contributed by atoms with Gasteiger partial charge in [0.25, 0.3) is 0 Å². The van der Waals surface area contributed by atoms with E-state index in [1.54, 1.807) is 18.3 Å². The summed E-state index contributed by atoms with van der Waals surface area (Å²) >= 11 is 0. The van der Waals surface area contributed by atoms with E-state index in [-0.39, 0.29) is 0 Å². The van der Waals surface area contributed by atoms with Gasteiger partial charge in [-0.2, -0.15) is 0 Å². The zero-order valence-electron chi connectivity index (χ0n) is 11.0. The molecule has 1 aromatic rings. The van der Waals surface area contributed by atoms with Crippen LogP contribution in [0.15, 0.2) is 24.5 Å². The van der Waals surface area contributed by atoms with Gasteiger partial charge in [0.2, 0.25) is 5.91 Å². The normalized spacial score (nSPS) is 9.65. The van der Waals surface area contributed by atoms with Crippen molar-refractivity contribution in [3.8, 4) is 0 Å². The lowest BCUT2D eigenvalue weighted by molar-refractivity contribution is 0.1000. The summed E-state index contributed by atoms with van der Waals surface area (Å²) in [5, 5.41) is 0. The summed E-state index contributed by atoms with van der Waals surface area (Å²) in [5.74, 6) is -0.442. The van der Waals surface area contributed by atoms with Gasteiger partial charge in [-0.25, -0.2) is 0 Å². The highest BCUT2D eigenvalue weighted by Crippen LogP contribution is 1.93. The zero-order valence-corrected chi connectivity index (χ0v) is 11.0. The molecule has 4 nitrogen and oxygen atoms in total. The molecule has 0 aliphatic rings. The predicted molar refractivity (Wildman–Crippen MR) is 70.8 cm³/mol. The number of carbonyl (C=O) groups is 1. The summed E-state index contributed by atoms with van der Waals surface area (Å²) < 4.78 is 0. The van der Waals surface area contributed by atoms with E-state index < -0.39 is 5.91 Å². The van der Waals surface area contributed by atoms with Crippen LogP contribution in [0, 0.1) is 0 Å². The molecule has 1 rings (SSSR count). The third-order valence-corrected chi connectivity index (χ3v) is 2.15. The van der Waals surface area contributed by atoms with Crippen LogP contribution in [0.4, 0.5) is 0 Å². The van der Waals surface area contributed by atoms with Gasteiger partial charge >= 0.3 is 0 Å². The van der Waals surface area contributed by atoms with E-state index in [2.05, 4.69) is 30.9 Å². The first kappa shape index (κ1) is 15.6. The van der Waals surface area contributed by atoms with E-state index >= 15 is 0 Å². The highest BCUT2D eigenvalue weighted by molar-refractivity contribution is 5.92. The molecule has 0 aromatic carbocycles. The monoisotopic (exact) mass is 237 g/mol. The van der Waals surface area contributed by atoms with Crippen molar-refractivity contribution in [2.75, 3.05) is 20.6 Å². The summed E-state index contributed by atoms with van der Waals surface area (Å²) in [4.78, 5) is 16.3. The van der Waals surface area contributed by atoms with E-state index in [1.165, 1.54) is 32.0 Å². The van der Waals surface area contributed by atoms with Gasteiger partial charge in [0.15, 0.2) is 0 Å². The number of aromatic nitrogens is 1. The highest BCUT2D eigenvalue weighted by atomic mass is 16.1. The fourth-order valence-electron chi connectivity index (χ4n) is 1.19. The van der Waals surface area contributed by atoms with Crippen molar-refractivity contribution in [1.29, 1.82) is 0 Å². The minimum absolute atomic E-state index is 0.442. The summed E-state index contributed by atoms with van der Waals surface area (Å²) in [7, 11) is 4.24. The molecule has 0 bridgehead atoms. The Bertz CT molecular complexity index is 299. The van der Waals surface area contributed by atoms with Crippen molar-refractivity contribution in [3.63, 3.8) is 0 Å². The molecule has 0 unspecified atom stereocenters. The second-order valence-electron chi connectivity index (χ2n) is 4.12. The molecule has 0 spiro atoms. The SMILES string of the molecule is CCCCCN(C)C.NC(=O)c1cccnc1. The average Bonchev–Trinajstić information content (AvgIpc) is 2.31. The van der Waals surface area contributed by atoms with E-state index in [9.17, 15) is 4.79 Å². The summed E-state index contributed by atoms with van der Waals surface area (Å²) in [6.07, 6.45) is 7.07. The number of nitrogens with two attached hydrogens (primary N) is 1. The van der Waals surface area contributed by atoms with Crippen LogP contribution in [0.5, 0.6) is 0 Å². The maximum Gasteiger partial charge on any atom is 0.250 e. The van der Waals surface area contributed by atoms with Gasteiger partial charge in [-0.3, -0.25) is 9.78 Å². The fraction of sp³-hybridized carbons (Fsp3) is 0.538. The average molecular weight is 237 g/mol. The van der Waals surface area contributed by atoms with E-state index in [0.29, 0.717) is 5.56 Å². The molecule has 17 heavy (non-hydrogen) atoms. The highest BCUT2D eigenvalue weighted by Gasteiger charge is 1.94. The Morgan fingerprint density at radius 1 is 1.41 bits per heavy atom. The Hall–Kier alpha value is -1.42. The lowest BCUT2D eigenvalue weighted by Crippen LogP contribution is -2.12. The quantitative estimate of drug-likeness (QED) is 0.796. The van der Waals surface area contributed by atoms with Crippen molar-refractivity contribution in [2.24, 2.45) is 5.73 Å².